The zero-order chi connectivity index (χ0) is 16.7. The van der Waals surface area contributed by atoms with Crippen molar-refractivity contribution in [3.63, 3.8) is 0 Å². The molecule has 0 amide bonds. The maximum atomic E-state index is 12.9. The quantitative estimate of drug-likeness (QED) is 0.810. The van der Waals surface area contributed by atoms with Crippen LogP contribution in [0.25, 0.3) is 5.57 Å². The molecule has 0 saturated heterocycles. The Morgan fingerprint density at radius 1 is 1.00 bits per heavy atom. The van der Waals surface area contributed by atoms with Crippen LogP contribution in [-0.2, 0) is 10.9 Å². The van der Waals surface area contributed by atoms with E-state index in [1.54, 1.807) is 12.1 Å². The van der Waals surface area contributed by atoms with Gasteiger partial charge in [-0.1, -0.05) is 48.5 Å². The predicted molar refractivity (Wildman–Crippen MR) is 82.9 cm³/mol. The highest BCUT2D eigenvalue weighted by Crippen LogP contribution is 2.32. The largest absolute Gasteiger partial charge is 0.416 e. The molecule has 0 unspecified atom stereocenters. The van der Waals surface area contributed by atoms with Gasteiger partial charge in [0.1, 0.15) is 0 Å². The van der Waals surface area contributed by atoms with Gasteiger partial charge in [0.2, 0.25) is 0 Å². The highest BCUT2D eigenvalue weighted by atomic mass is 19.4. The molecule has 0 aliphatic heterocycles. The van der Waals surface area contributed by atoms with E-state index >= 15 is 0 Å². The highest BCUT2D eigenvalue weighted by Gasteiger charge is 2.30. The van der Waals surface area contributed by atoms with Crippen LogP contribution in [0, 0.1) is 0 Å². The van der Waals surface area contributed by atoms with E-state index in [0.29, 0.717) is 11.1 Å². The van der Waals surface area contributed by atoms with Gasteiger partial charge in [-0.15, -0.1) is 0 Å². The third kappa shape index (κ3) is 4.94. The van der Waals surface area contributed by atoms with Crippen molar-refractivity contribution < 1.29 is 23.0 Å². The molecule has 0 radical (unpaired) electrons. The van der Waals surface area contributed by atoms with Crippen LogP contribution in [0.2, 0.25) is 0 Å². The molecular formula is C18H17F3O2. The number of ether oxygens (including phenoxy) is 1. The Hall–Kier alpha value is -2.11. The van der Waals surface area contributed by atoms with Gasteiger partial charge < -0.3 is 9.84 Å². The van der Waals surface area contributed by atoms with Gasteiger partial charge in [0.05, 0.1) is 25.4 Å². The van der Waals surface area contributed by atoms with E-state index in [1.165, 1.54) is 6.07 Å². The van der Waals surface area contributed by atoms with Crippen LogP contribution in [0.1, 0.15) is 16.7 Å². The van der Waals surface area contributed by atoms with E-state index in [0.717, 1.165) is 17.7 Å². The standard InChI is InChI=1S/C18H17F3O2/c19-18(20,21)16-8-4-7-15(13-16)17(9-11-23-12-10-22)14-5-2-1-3-6-14/h1-9,13,22H,10-12H2. The first-order valence-electron chi connectivity index (χ1n) is 7.14. The van der Waals surface area contributed by atoms with E-state index in [9.17, 15) is 13.2 Å². The Labute approximate surface area is 132 Å². The molecule has 0 bridgehead atoms. The molecule has 0 heterocycles. The maximum absolute atomic E-state index is 12.9. The second-order valence-corrected chi connectivity index (χ2v) is 4.86. The summed E-state index contributed by atoms with van der Waals surface area (Å²) in [6, 6.07) is 14.4. The monoisotopic (exact) mass is 322 g/mol. The normalized spacial score (nSPS) is 12.4. The van der Waals surface area contributed by atoms with E-state index < -0.39 is 11.7 Å². The lowest BCUT2D eigenvalue weighted by atomic mass is 9.96. The summed E-state index contributed by atoms with van der Waals surface area (Å²) in [5.41, 5.74) is 1.25. The van der Waals surface area contributed by atoms with Crippen LogP contribution in [0.5, 0.6) is 0 Å². The summed E-state index contributed by atoms with van der Waals surface area (Å²) in [5, 5.41) is 8.72. The van der Waals surface area contributed by atoms with Crippen LogP contribution < -0.4 is 0 Å². The summed E-state index contributed by atoms with van der Waals surface area (Å²) in [6.45, 7) is 0.292. The lowest BCUT2D eigenvalue weighted by molar-refractivity contribution is -0.137. The summed E-state index contributed by atoms with van der Waals surface area (Å²) in [5.74, 6) is 0. The number of hydrogen-bond donors (Lipinski definition) is 1. The van der Waals surface area contributed by atoms with E-state index in [1.807, 2.05) is 30.3 Å². The van der Waals surface area contributed by atoms with Crippen molar-refractivity contribution >= 4 is 5.57 Å². The molecule has 0 fully saturated rings. The fraction of sp³-hybridized carbons (Fsp3) is 0.222. The van der Waals surface area contributed by atoms with E-state index in [4.69, 9.17) is 9.84 Å². The minimum atomic E-state index is -4.38. The second-order valence-electron chi connectivity index (χ2n) is 4.86. The molecule has 2 aromatic rings. The summed E-state index contributed by atoms with van der Waals surface area (Å²) >= 11 is 0. The smallest absolute Gasteiger partial charge is 0.394 e. The molecule has 0 aliphatic carbocycles. The number of halogens is 3. The molecule has 1 N–H and O–H groups in total. The zero-order valence-electron chi connectivity index (χ0n) is 12.4. The highest BCUT2D eigenvalue weighted by molar-refractivity contribution is 5.80. The third-order valence-corrected chi connectivity index (χ3v) is 3.23. The van der Waals surface area contributed by atoms with Crippen LogP contribution in [0.15, 0.2) is 60.7 Å². The first kappa shape index (κ1) is 17.2. The van der Waals surface area contributed by atoms with Crippen molar-refractivity contribution in [3.8, 4) is 0 Å². The maximum Gasteiger partial charge on any atom is 0.416 e. The van der Waals surface area contributed by atoms with Crippen molar-refractivity contribution in [1.29, 1.82) is 0 Å². The fourth-order valence-electron chi connectivity index (χ4n) is 2.17. The second kappa shape index (κ2) is 7.94. The molecule has 0 spiro atoms. The minimum Gasteiger partial charge on any atom is -0.394 e. The molecular weight excluding hydrogens is 305 g/mol. The van der Waals surface area contributed by atoms with Crippen molar-refractivity contribution in [2.75, 3.05) is 19.8 Å². The summed E-state index contributed by atoms with van der Waals surface area (Å²) < 4.78 is 43.9. The van der Waals surface area contributed by atoms with Crippen molar-refractivity contribution in [3.05, 3.63) is 77.4 Å². The Bertz CT molecular complexity index is 649. The van der Waals surface area contributed by atoms with Gasteiger partial charge in [0.25, 0.3) is 0 Å². The zero-order valence-corrected chi connectivity index (χ0v) is 12.4. The van der Waals surface area contributed by atoms with Crippen molar-refractivity contribution in [2.45, 2.75) is 6.18 Å². The molecule has 0 atom stereocenters. The molecule has 2 aromatic carbocycles. The number of benzene rings is 2. The number of alkyl halides is 3. The Balaban J connectivity index is 2.38. The summed E-state index contributed by atoms with van der Waals surface area (Å²) in [6.07, 6.45) is -2.66. The van der Waals surface area contributed by atoms with Gasteiger partial charge in [-0.3, -0.25) is 0 Å². The molecule has 0 aliphatic rings. The number of rotatable bonds is 6. The average molecular weight is 322 g/mol. The number of hydrogen-bond acceptors (Lipinski definition) is 2. The SMILES string of the molecule is OCCOCC=C(c1ccccc1)c1cccc(C(F)(F)F)c1. The van der Waals surface area contributed by atoms with Gasteiger partial charge in [-0.25, -0.2) is 0 Å². The van der Waals surface area contributed by atoms with Crippen molar-refractivity contribution in [2.24, 2.45) is 0 Å². The van der Waals surface area contributed by atoms with Crippen LogP contribution in [0.3, 0.4) is 0 Å². The van der Waals surface area contributed by atoms with Gasteiger partial charge in [0.15, 0.2) is 0 Å². The molecule has 2 rings (SSSR count). The Kier molecular flexibility index (Phi) is 5.96. The van der Waals surface area contributed by atoms with Gasteiger partial charge >= 0.3 is 6.18 Å². The van der Waals surface area contributed by atoms with E-state index in [-0.39, 0.29) is 19.8 Å². The van der Waals surface area contributed by atoms with Crippen LogP contribution in [-0.4, -0.2) is 24.9 Å². The fourth-order valence-corrected chi connectivity index (χ4v) is 2.17. The predicted octanol–water partition coefficient (Wildman–Crippen LogP) is 4.15. The molecule has 2 nitrogen and oxygen atoms in total. The first-order chi connectivity index (χ1) is 11.0. The third-order valence-electron chi connectivity index (χ3n) is 3.23. The lowest BCUT2D eigenvalue weighted by Crippen LogP contribution is -2.05. The van der Waals surface area contributed by atoms with Crippen LogP contribution >= 0.6 is 0 Å². The summed E-state index contributed by atoms with van der Waals surface area (Å²) in [4.78, 5) is 0. The van der Waals surface area contributed by atoms with Gasteiger partial charge in [-0.2, -0.15) is 13.2 Å². The molecule has 5 heteroatoms. The van der Waals surface area contributed by atoms with Gasteiger partial charge in [-0.05, 0) is 28.8 Å². The molecule has 0 aromatic heterocycles. The van der Waals surface area contributed by atoms with E-state index in [2.05, 4.69) is 0 Å². The van der Waals surface area contributed by atoms with Gasteiger partial charge in [0, 0.05) is 0 Å². The Morgan fingerprint density at radius 3 is 2.35 bits per heavy atom. The number of aliphatic hydroxyl groups excluding tert-OH is 1. The topological polar surface area (TPSA) is 29.5 Å². The first-order valence-corrected chi connectivity index (χ1v) is 7.14. The molecule has 122 valence electrons. The van der Waals surface area contributed by atoms with Crippen LogP contribution in [0.4, 0.5) is 13.2 Å². The lowest BCUT2D eigenvalue weighted by Gasteiger charge is -2.12. The molecule has 0 saturated carbocycles. The van der Waals surface area contributed by atoms with Crippen molar-refractivity contribution in [1.82, 2.24) is 0 Å². The average Bonchev–Trinajstić information content (AvgIpc) is 2.55. The minimum absolute atomic E-state index is 0.0991. The Morgan fingerprint density at radius 2 is 1.70 bits per heavy atom. The number of aliphatic hydroxyl groups is 1. The summed E-state index contributed by atoms with van der Waals surface area (Å²) in [7, 11) is 0. The molecule has 23 heavy (non-hydrogen) atoms.